The summed E-state index contributed by atoms with van der Waals surface area (Å²) in [5.74, 6) is 0. The molecule has 1 saturated carbocycles. The second-order valence-corrected chi connectivity index (χ2v) is 2.65. The van der Waals surface area contributed by atoms with Crippen LogP contribution in [0.25, 0.3) is 0 Å². The highest BCUT2D eigenvalue weighted by Crippen LogP contribution is 2.13. The quantitative estimate of drug-likeness (QED) is 0.322. The van der Waals surface area contributed by atoms with Crippen molar-refractivity contribution in [3.8, 4) is 0 Å². The van der Waals surface area contributed by atoms with Crippen molar-refractivity contribution < 1.29 is 15.9 Å². The minimum atomic E-state index is 0. The highest BCUT2D eigenvalue weighted by atomic mass is 16.4. The van der Waals surface area contributed by atoms with Crippen molar-refractivity contribution in [3.63, 3.8) is 0 Å². The maximum atomic E-state index is 8.51. The summed E-state index contributed by atoms with van der Waals surface area (Å²) >= 11 is 0. The van der Waals surface area contributed by atoms with E-state index in [0.717, 1.165) is 32.1 Å². The summed E-state index contributed by atoms with van der Waals surface area (Å²) < 4.78 is 0. The highest BCUT2D eigenvalue weighted by molar-refractivity contribution is 6.42. The van der Waals surface area contributed by atoms with Gasteiger partial charge in [0, 0.05) is 0 Å². The minimum Gasteiger partial charge on any atom is -0.412 e. The highest BCUT2D eigenvalue weighted by Gasteiger charge is 2.13. The molecule has 12 heavy (non-hydrogen) atoms. The summed E-state index contributed by atoms with van der Waals surface area (Å²) in [5.41, 5.74) is 1.06. The average Bonchev–Trinajstić information content (AvgIpc) is 2.27. The van der Waals surface area contributed by atoms with Crippen LogP contribution in [0.2, 0.25) is 0 Å². The van der Waals surface area contributed by atoms with Crippen LogP contribution < -0.4 is 0 Å². The monoisotopic (exact) mass is 174 g/mol. The van der Waals surface area contributed by atoms with Crippen LogP contribution in [0, 0.1) is 0 Å². The van der Waals surface area contributed by atoms with Crippen molar-refractivity contribution in [1.29, 1.82) is 0 Å². The van der Waals surface area contributed by atoms with Gasteiger partial charge < -0.3 is 15.9 Å². The van der Waals surface area contributed by atoms with Gasteiger partial charge in [0.05, 0.1) is 0 Å². The Balaban J connectivity index is 0.00000121. The van der Waals surface area contributed by atoms with Gasteiger partial charge >= 0.3 is 0 Å². The topological polar surface area (TPSA) is 96.7 Å². The Labute approximate surface area is 70.7 Å². The molecule has 1 aliphatic carbocycles. The summed E-state index contributed by atoms with van der Waals surface area (Å²) in [4.78, 5) is 0. The van der Waals surface area contributed by atoms with Gasteiger partial charge in [-0.25, -0.2) is 0 Å². The zero-order chi connectivity index (χ0) is 8.10. The fourth-order valence-corrected chi connectivity index (χ4v) is 1.27. The van der Waals surface area contributed by atoms with Crippen LogP contribution in [0.15, 0.2) is 10.3 Å². The maximum Gasteiger partial charge on any atom is 0.104 e. The Bertz CT molecular complexity index is 169. The van der Waals surface area contributed by atoms with Crippen molar-refractivity contribution >= 4 is 11.4 Å². The average molecular weight is 174 g/mol. The van der Waals surface area contributed by atoms with E-state index in [1.54, 1.807) is 0 Å². The van der Waals surface area contributed by atoms with Crippen LogP contribution >= 0.6 is 0 Å². The van der Waals surface area contributed by atoms with Crippen LogP contribution in [-0.2, 0) is 0 Å². The lowest BCUT2D eigenvalue weighted by atomic mass is 10.1. The number of rotatable bonds is 0. The Kier molecular flexibility index (Phi) is 5.03. The van der Waals surface area contributed by atoms with Gasteiger partial charge in [-0.1, -0.05) is 16.7 Å². The van der Waals surface area contributed by atoms with Gasteiger partial charge in [-0.05, 0) is 25.7 Å². The standard InChI is InChI=1S/C7H12N2O2.H2O/c10-8-6-4-2-1-3-5-7(6)9-11;/h10-11H,1-5H2;1H2. The Hall–Kier alpha value is -1.10. The molecule has 5 nitrogen and oxygen atoms in total. The predicted octanol–water partition coefficient (Wildman–Crippen LogP) is 0.786. The molecular formula is C7H14N2O3. The van der Waals surface area contributed by atoms with Crippen LogP contribution in [-0.4, -0.2) is 27.3 Å². The summed E-state index contributed by atoms with van der Waals surface area (Å²) in [6.45, 7) is 0. The number of oxime groups is 2. The van der Waals surface area contributed by atoms with Crippen LogP contribution in [0.5, 0.6) is 0 Å². The Morgan fingerprint density at radius 2 is 1.25 bits per heavy atom. The molecule has 0 aromatic rings. The second kappa shape index (κ2) is 5.54. The first-order valence-corrected chi connectivity index (χ1v) is 3.80. The van der Waals surface area contributed by atoms with E-state index in [4.69, 9.17) is 10.4 Å². The Morgan fingerprint density at radius 1 is 0.833 bits per heavy atom. The SMILES string of the molecule is O.ON=C1CCCCCC1=NO. The molecule has 0 unspecified atom stereocenters. The molecule has 70 valence electrons. The molecule has 1 rings (SSSR count). The molecule has 0 bridgehead atoms. The summed E-state index contributed by atoms with van der Waals surface area (Å²) in [6.07, 6.45) is 4.57. The van der Waals surface area contributed by atoms with Crippen LogP contribution in [0.1, 0.15) is 32.1 Å². The van der Waals surface area contributed by atoms with Crippen molar-refractivity contribution in [1.82, 2.24) is 0 Å². The van der Waals surface area contributed by atoms with Crippen molar-refractivity contribution in [2.24, 2.45) is 10.3 Å². The molecule has 0 saturated heterocycles. The van der Waals surface area contributed by atoms with E-state index in [1.807, 2.05) is 0 Å². The van der Waals surface area contributed by atoms with E-state index in [1.165, 1.54) is 0 Å². The molecule has 0 amide bonds. The van der Waals surface area contributed by atoms with E-state index in [0.29, 0.717) is 11.4 Å². The number of hydrogen-bond acceptors (Lipinski definition) is 4. The van der Waals surface area contributed by atoms with Crippen molar-refractivity contribution in [2.45, 2.75) is 32.1 Å². The summed E-state index contributed by atoms with van der Waals surface area (Å²) in [7, 11) is 0. The zero-order valence-electron chi connectivity index (χ0n) is 6.82. The van der Waals surface area contributed by atoms with E-state index in [-0.39, 0.29) is 5.48 Å². The van der Waals surface area contributed by atoms with Gasteiger partial charge in [-0.2, -0.15) is 0 Å². The summed E-state index contributed by atoms with van der Waals surface area (Å²) in [5, 5.41) is 23.2. The molecule has 1 aliphatic rings. The first-order chi connectivity index (χ1) is 5.38. The minimum absolute atomic E-state index is 0. The van der Waals surface area contributed by atoms with E-state index in [2.05, 4.69) is 10.3 Å². The first-order valence-electron chi connectivity index (χ1n) is 3.80. The predicted molar refractivity (Wildman–Crippen MR) is 45.1 cm³/mol. The zero-order valence-corrected chi connectivity index (χ0v) is 6.82. The lowest BCUT2D eigenvalue weighted by Crippen LogP contribution is -2.11. The molecule has 1 fully saturated rings. The largest absolute Gasteiger partial charge is 0.412 e. The molecule has 5 heteroatoms. The molecule has 4 N–H and O–H groups in total. The number of nitrogens with zero attached hydrogens (tertiary/aromatic N) is 2. The lowest BCUT2D eigenvalue weighted by Gasteiger charge is -1.98. The van der Waals surface area contributed by atoms with Gasteiger partial charge in [0.15, 0.2) is 0 Å². The van der Waals surface area contributed by atoms with E-state index >= 15 is 0 Å². The van der Waals surface area contributed by atoms with Crippen LogP contribution in [0.4, 0.5) is 0 Å². The van der Waals surface area contributed by atoms with Crippen LogP contribution in [0.3, 0.4) is 0 Å². The smallest absolute Gasteiger partial charge is 0.104 e. The van der Waals surface area contributed by atoms with Crippen molar-refractivity contribution in [2.75, 3.05) is 0 Å². The van der Waals surface area contributed by atoms with Gasteiger partial charge in [-0.3, -0.25) is 0 Å². The van der Waals surface area contributed by atoms with Crippen molar-refractivity contribution in [3.05, 3.63) is 0 Å². The maximum absolute atomic E-state index is 8.51. The first kappa shape index (κ1) is 10.9. The molecule has 0 aliphatic heterocycles. The number of hydrogen-bond donors (Lipinski definition) is 2. The molecular weight excluding hydrogens is 160 g/mol. The molecule has 0 aromatic carbocycles. The molecule has 0 radical (unpaired) electrons. The van der Waals surface area contributed by atoms with Gasteiger partial charge in [0.1, 0.15) is 11.4 Å². The normalized spacial score (nSPS) is 25.0. The fourth-order valence-electron chi connectivity index (χ4n) is 1.27. The van der Waals surface area contributed by atoms with Gasteiger partial charge in [0.2, 0.25) is 0 Å². The summed E-state index contributed by atoms with van der Waals surface area (Å²) in [6, 6.07) is 0. The molecule has 0 aromatic heterocycles. The fraction of sp³-hybridized carbons (Fsp3) is 0.714. The van der Waals surface area contributed by atoms with Gasteiger partial charge in [-0.15, -0.1) is 0 Å². The second-order valence-electron chi connectivity index (χ2n) is 2.65. The molecule has 0 atom stereocenters. The third kappa shape index (κ3) is 2.50. The third-order valence-corrected chi connectivity index (χ3v) is 1.90. The third-order valence-electron chi connectivity index (χ3n) is 1.90. The molecule has 0 spiro atoms. The lowest BCUT2D eigenvalue weighted by molar-refractivity contribution is 0.312. The Morgan fingerprint density at radius 3 is 1.58 bits per heavy atom. The van der Waals surface area contributed by atoms with Gasteiger partial charge in [0.25, 0.3) is 0 Å². The van der Waals surface area contributed by atoms with E-state index < -0.39 is 0 Å². The van der Waals surface area contributed by atoms with E-state index in [9.17, 15) is 0 Å². The molecule has 0 heterocycles.